The standard InChI is InChI=1S/C18H27N3O2.ClH/c1-13(22)20-17(14-7-3-2-4-8-14)11-18(23)21-16-10-6-5-9-15(16)12-19;/h2-4,7-8,15-17H,5-6,9-12,19H2,1H3,(H,20,22)(H,21,23);1H. The van der Waals surface area contributed by atoms with Crippen molar-refractivity contribution in [2.75, 3.05) is 6.54 Å². The molecule has 0 saturated heterocycles. The Balaban J connectivity index is 0.00000288. The zero-order chi connectivity index (χ0) is 16.7. The number of halogens is 1. The predicted octanol–water partition coefficient (Wildman–Crippen LogP) is 2.31. The van der Waals surface area contributed by atoms with E-state index in [1.165, 1.54) is 13.3 Å². The molecule has 0 radical (unpaired) electrons. The Morgan fingerprint density at radius 2 is 1.88 bits per heavy atom. The normalized spacial score (nSPS) is 21.2. The van der Waals surface area contributed by atoms with Crippen molar-refractivity contribution < 1.29 is 9.59 Å². The highest BCUT2D eigenvalue weighted by atomic mass is 35.5. The van der Waals surface area contributed by atoms with Crippen LogP contribution in [0, 0.1) is 5.92 Å². The number of hydrogen-bond acceptors (Lipinski definition) is 3. The second-order valence-corrected chi connectivity index (χ2v) is 6.32. The second kappa shape index (κ2) is 10.3. The number of nitrogens with two attached hydrogens (primary N) is 1. The summed E-state index contributed by atoms with van der Waals surface area (Å²) >= 11 is 0. The lowest BCUT2D eigenvalue weighted by atomic mass is 9.84. The van der Waals surface area contributed by atoms with Crippen LogP contribution >= 0.6 is 12.4 Å². The molecular formula is C18H28ClN3O2. The number of hydrogen-bond donors (Lipinski definition) is 3. The van der Waals surface area contributed by atoms with E-state index in [0.717, 1.165) is 24.8 Å². The van der Waals surface area contributed by atoms with Crippen LogP contribution in [-0.2, 0) is 9.59 Å². The second-order valence-electron chi connectivity index (χ2n) is 6.32. The number of rotatable bonds is 6. The summed E-state index contributed by atoms with van der Waals surface area (Å²) in [5, 5.41) is 5.99. The van der Waals surface area contributed by atoms with Gasteiger partial charge in [0.05, 0.1) is 12.5 Å². The molecule has 134 valence electrons. The third kappa shape index (κ3) is 6.13. The molecule has 3 atom stereocenters. The van der Waals surface area contributed by atoms with E-state index in [2.05, 4.69) is 10.6 Å². The van der Waals surface area contributed by atoms with Crippen molar-refractivity contribution in [2.24, 2.45) is 11.7 Å². The Morgan fingerprint density at radius 3 is 2.50 bits per heavy atom. The van der Waals surface area contributed by atoms with Crippen LogP contribution in [0.25, 0.3) is 0 Å². The highest BCUT2D eigenvalue weighted by Gasteiger charge is 2.26. The molecule has 0 spiro atoms. The molecule has 0 bridgehead atoms. The molecule has 1 saturated carbocycles. The molecule has 5 nitrogen and oxygen atoms in total. The van der Waals surface area contributed by atoms with Gasteiger partial charge in [-0.2, -0.15) is 0 Å². The van der Waals surface area contributed by atoms with E-state index in [4.69, 9.17) is 5.73 Å². The topological polar surface area (TPSA) is 84.2 Å². The smallest absolute Gasteiger partial charge is 0.222 e. The molecule has 2 amide bonds. The molecule has 1 aromatic rings. The number of carbonyl (C=O) groups is 2. The Bertz CT molecular complexity index is 524. The van der Waals surface area contributed by atoms with Gasteiger partial charge in [0.25, 0.3) is 0 Å². The molecule has 4 N–H and O–H groups in total. The van der Waals surface area contributed by atoms with Gasteiger partial charge in [0.2, 0.25) is 11.8 Å². The maximum absolute atomic E-state index is 12.4. The van der Waals surface area contributed by atoms with Gasteiger partial charge in [0, 0.05) is 13.0 Å². The monoisotopic (exact) mass is 353 g/mol. The van der Waals surface area contributed by atoms with Crippen molar-refractivity contribution in [3.8, 4) is 0 Å². The van der Waals surface area contributed by atoms with Crippen molar-refractivity contribution >= 4 is 24.2 Å². The summed E-state index contributed by atoms with van der Waals surface area (Å²) in [5.74, 6) is 0.200. The lowest BCUT2D eigenvalue weighted by Crippen LogP contribution is -2.45. The molecule has 6 heteroatoms. The highest BCUT2D eigenvalue weighted by Crippen LogP contribution is 2.24. The summed E-state index contributed by atoms with van der Waals surface area (Å²) in [6.07, 6.45) is 4.64. The summed E-state index contributed by atoms with van der Waals surface area (Å²) in [5.41, 5.74) is 6.76. The van der Waals surface area contributed by atoms with Gasteiger partial charge < -0.3 is 16.4 Å². The third-order valence-corrected chi connectivity index (χ3v) is 4.53. The molecule has 1 aliphatic carbocycles. The Morgan fingerprint density at radius 1 is 1.21 bits per heavy atom. The first-order chi connectivity index (χ1) is 11.1. The summed E-state index contributed by atoms with van der Waals surface area (Å²) in [4.78, 5) is 23.9. The minimum Gasteiger partial charge on any atom is -0.353 e. The van der Waals surface area contributed by atoms with E-state index in [1.54, 1.807) is 0 Å². The van der Waals surface area contributed by atoms with Crippen LogP contribution in [0.3, 0.4) is 0 Å². The van der Waals surface area contributed by atoms with E-state index < -0.39 is 0 Å². The SMILES string of the molecule is CC(=O)NC(CC(=O)NC1CCCCC1CN)c1ccccc1.Cl. The van der Waals surface area contributed by atoms with E-state index in [0.29, 0.717) is 12.5 Å². The minimum atomic E-state index is -0.298. The molecule has 1 aromatic carbocycles. The maximum atomic E-state index is 12.4. The number of amides is 2. The Labute approximate surface area is 150 Å². The Kier molecular flexibility index (Phi) is 8.79. The molecule has 0 aromatic heterocycles. The third-order valence-electron chi connectivity index (χ3n) is 4.53. The first kappa shape index (κ1) is 20.5. The molecule has 1 aliphatic rings. The van der Waals surface area contributed by atoms with Crippen molar-refractivity contribution in [1.29, 1.82) is 0 Å². The molecular weight excluding hydrogens is 326 g/mol. The number of carbonyl (C=O) groups excluding carboxylic acids is 2. The minimum absolute atomic E-state index is 0. The van der Waals surface area contributed by atoms with Crippen LogP contribution in [-0.4, -0.2) is 24.4 Å². The van der Waals surface area contributed by atoms with Gasteiger partial charge in [-0.1, -0.05) is 43.2 Å². The van der Waals surface area contributed by atoms with Crippen LogP contribution < -0.4 is 16.4 Å². The predicted molar refractivity (Wildman–Crippen MR) is 97.8 cm³/mol. The average molecular weight is 354 g/mol. The lowest BCUT2D eigenvalue weighted by molar-refractivity contribution is -0.123. The molecule has 0 heterocycles. The van der Waals surface area contributed by atoms with Gasteiger partial charge in [0.15, 0.2) is 0 Å². The zero-order valence-corrected chi connectivity index (χ0v) is 15.0. The molecule has 1 fully saturated rings. The van der Waals surface area contributed by atoms with Crippen LogP contribution in [0.4, 0.5) is 0 Å². The van der Waals surface area contributed by atoms with Gasteiger partial charge in [-0.15, -0.1) is 12.4 Å². The summed E-state index contributed by atoms with van der Waals surface area (Å²) in [6.45, 7) is 2.08. The van der Waals surface area contributed by atoms with Crippen molar-refractivity contribution in [3.05, 3.63) is 35.9 Å². The van der Waals surface area contributed by atoms with Gasteiger partial charge >= 0.3 is 0 Å². The molecule has 3 unspecified atom stereocenters. The maximum Gasteiger partial charge on any atom is 0.222 e. The van der Waals surface area contributed by atoms with E-state index in [9.17, 15) is 9.59 Å². The van der Waals surface area contributed by atoms with Crippen LogP contribution in [0.1, 0.15) is 50.6 Å². The fraction of sp³-hybridized carbons (Fsp3) is 0.556. The van der Waals surface area contributed by atoms with Crippen LogP contribution in [0.2, 0.25) is 0 Å². The van der Waals surface area contributed by atoms with Crippen molar-refractivity contribution in [1.82, 2.24) is 10.6 Å². The summed E-state index contributed by atoms with van der Waals surface area (Å²) in [6, 6.07) is 9.46. The van der Waals surface area contributed by atoms with Gasteiger partial charge in [0.1, 0.15) is 0 Å². The quantitative estimate of drug-likeness (QED) is 0.733. The van der Waals surface area contributed by atoms with Gasteiger partial charge in [-0.05, 0) is 30.9 Å². The summed E-state index contributed by atoms with van der Waals surface area (Å²) in [7, 11) is 0. The van der Waals surface area contributed by atoms with E-state index in [1.807, 2.05) is 30.3 Å². The van der Waals surface area contributed by atoms with E-state index in [-0.39, 0.29) is 42.7 Å². The largest absolute Gasteiger partial charge is 0.353 e. The zero-order valence-electron chi connectivity index (χ0n) is 14.2. The first-order valence-electron chi connectivity index (χ1n) is 8.41. The lowest BCUT2D eigenvalue weighted by Gasteiger charge is -2.31. The van der Waals surface area contributed by atoms with Gasteiger partial charge in [-0.25, -0.2) is 0 Å². The molecule has 0 aliphatic heterocycles. The number of benzene rings is 1. The average Bonchev–Trinajstić information content (AvgIpc) is 2.55. The first-order valence-corrected chi connectivity index (χ1v) is 8.41. The van der Waals surface area contributed by atoms with Crippen LogP contribution in [0.5, 0.6) is 0 Å². The van der Waals surface area contributed by atoms with Crippen molar-refractivity contribution in [2.45, 2.75) is 51.1 Å². The van der Waals surface area contributed by atoms with E-state index >= 15 is 0 Å². The van der Waals surface area contributed by atoms with Gasteiger partial charge in [-0.3, -0.25) is 9.59 Å². The molecule has 2 rings (SSSR count). The van der Waals surface area contributed by atoms with Crippen LogP contribution in [0.15, 0.2) is 30.3 Å². The fourth-order valence-corrected chi connectivity index (χ4v) is 3.31. The fourth-order valence-electron chi connectivity index (χ4n) is 3.31. The summed E-state index contributed by atoms with van der Waals surface area (Å²) < 4.78 is 0. The highest BCUT2D eigenvalue weighted by molar-refractivity contribution is 5.85. The van der Waals surface area contributed by atoms with Crippen molar-refractivity contribution in [3.63, 3.8) is 0 Å². The molecule has 24 heavy (non-hydrogen) atoms. The number of nitrogens with one attached hydrogen (secondary N) is 2. The Hall–Kier alpha value is -1.59.